The average Bonchev–Trinajstić information content (AvgIpc) is 2.75. The van der Waals surface area contributed by atoms with Crippen LogP contribution in [0.1, 0.15) is 6.92 Å². The fourth-order valence-electron chi connectivity index (χ4n) is 4.00. The molecule has 3 aromatic rings. The molecule has 4 heteroatoms. The third-order valence-corrected chi connectivity index (χ3v) is 15.8. The Kier molecular flexibility index (Phi) is 6.12. The Morgan fingerprint density at radius 2 is 0.852 bits per heavy atom. The molecule has 0 saturated heterocycles. The van der Waals surface area contributed by atoms with E-state index in [-0.39, 0.29) is 0 Å². The van der Waals surface area contributed by atoms with Crippen molar-refractivity contribution in [1.82, 2.24) is 0 Å². The Balaban J connectivity index is 2.45. The van der Waals surface area contributed by atoms with E-state index in [9.17, 15) is 0 Å². The zero-order chi connectivity index (χ0) is 19.3. The van der Waals surface area contributed by atoms with Gasteiger partial charge in [-0.3, -0.25) is 0 Å². The van der Waals surface area contributed by atoms with Crippen molar-refractivity contribution in [2.75, 3.05) is 21.3 Å². The second kappa shape index (κ2) is 8.53. The third-order valence-electron chi connectivity index (χ3n) is 5.23. The number of benzene rings is 3. The van der Waals surface area contributed by atoms with Gasteiger partial charge in [0.05, 0.1) is 0 Å². The monoisotopic (exact) mass is 424 g/mol. The summed E-state index contributed by atoms with van der Waals surface area (Å²) in [5.41, 5.74) is 0. The molecule has 0 atom stereocenters. The fourth-order valence-corrected chi connectivity index (χ4v) is 14.4. The van der Waals surface area contributed by atoms with Gasteiger partial charge in [-0.25, -0.2) is 0 Å². The van der Waals surface area contributed by atoms with Crippen molar-refractivity contribution in [3.8, 4) is 17.2 Å². The van der Waals surface area contributed by atoms with Gasteiger partial charge in [0.1, 0.15) is 0 Å². The van der Waals surface area contributed by atoms with Crippen LogP contribution >= 0.6 is 0 Å². The van der Waals surface area contributed by atoms with Crippen LogP contribution in [0.2, 0.25) is 5.25 Å². The molecule has 0 radical (unpaired) electrons. The van der Waals surface area contributed by atoms with Crippen molar-refractivity contribution in [2.24, 2.45) is 0 Å². The Bertz CT molecular complexity index is 792. The van der Waals surface area contributed by atoms with Crippen LogP contribution in [0.25, 0.3) is 0 Å². The van der Waals surface area contributed by atoms with E-state index in [4.69, 9.17) is 14.2 Å². The van der Waals surface area contributed by atoms with Crippen molar-refractivity contribution in [2.45, 2.75) is 12.2 Å². The first-order valence-electron chi connectivity index (χ1n) is 9.13. The predicted octanol–water partition coefficient (Wildman–Crippen LogP) is 3.20. The zero-order valence-electron chi connectivity index (χ0n) is 16.4. The summed E-state index contributed by atoms with van der Waals surface area (Å²) in [4.78, 5) is 0. The van der Waals surface area contributed by atoms with Crippen LogP contribution in [0.3, 0.4) is 0 Å². The van der Waals surface area contributed by atoms with Crippen LogP contribution in [0.4, 0.5) is 0 Å². The van der Waals surface area contributed by atoms with Crippen molar-refractivity contribution in [3.63, 3.8) is 0 Å². The SMILES string of the molecule is C[CH2][Ge]([c]1ccccc1OC)([c]1ccccc1OC)[c]1ccccc1OC. The Hall–Kier alpha value is -2.40. The zero-order valence-corrected chi connectivity index (χ0v) is 18.5. The molecular formula is C23H26GeO3. The maximum atomic E-state index is 5.81. The van der Waals surface area contributed by atoms with E-state index in [0.29, 0.717) is 0 Å². The van der Waals surface area contributed by atoms with Gasteiger partial charge in [0.2, 0.25) is 0 Å². The molecular weight excluding hydrogens is 397 g/mol. The van der Waals surface area contributed by atoms with Crippen molar-refractivity contribution in [3.05, 3.63) is 72.8 Å². The molecule has 0 amide bonds. The molecule has 0 saturated carbocycles. The van der Waals surface area contributed by atoms with E-state index < -0.39 is 13.3 Å². The van der Waals surface area contributed by atoms with Gasteiger partial charge in [-0.15, -0.1) is 0 Å². The second-order valence-corrected chi connectivity index (χ2v) is 15.0. The Labute approximate surface area is 164 Å². The average molecular weight is 423 g/mol. The van der Waals surface area contributed by atoms with Gasteiger partial charge in [-0.1, -0.05) is 0 Å². The molecule has 140 valence electrons. The molecule has 0 spiro atoms. The van der Waals surface area contributed by atoms with Crippen LogP contribution in [-0.2, 0) is 0 Å². The van der Waals surface area contributed by atoms with Crippen molar-refractivity contribution in [1.29, 1.82) is 0 Å². The van der Waals surface area contributed by atoms with Gasteiger partial charge < -0.3 is 0 Å². The van der Waals surface area contributed by atoms with Crippen LogP contribution in [0, 0.1) is 0 Å². The van der Waals surface area contributed by atoms with Gasteiger partial charge in [0.25, 0.3) is 0 Å². The molecule has 0 bridgehead atoms. The summed E-state index contributed by atoms with van der Waals surface area (Å²) in [6.45, 7) is 2.27. The Morgan fingerprint density at radius 1 is 0.556 bits per heavy atom. The van der Waals surface area contributed by atoms with E-state index in [0.717, 1.165) is 22.5 Å². The van der Waals surface area contributed by atoms with Gasteiger partial charge in [-0.2, -0.15) is 0 Å². The molecule has 3 nitrogen and oxygen atoms in total. The molecule has 0 N–H and O–H groups in total. The number of rotatable bonds is 7. The molecule has 0 aliphatic carbocycles. The van der Waals surface area contributed by atoms with Gasteiger partial charge >= 0.3 is 164 Å². The topological polar surface area (TPSA) is 27.7 Å². The van der Waals surface area contributed by atoms with Gasteiger partial charge in [0, 0.05) is 0 Å². The third kappa shape index (κ3) is 3.32. The summed E-state index contributed by atoms with van der Waals surface area (Å²) in [6.07, 6.45) is 0. The summed E-state index contributed by atoms with van der Waals surface area (Å²) in [7, 11) is 5.23. The predicted molar refractivity (Wildman–Crippen MR) is 114 cm³/mol. The van der Waals surface area contributed by atoms with Crippen molar-refractivity contribution >= 4 is 26.5 Å². The maximum absolute atomic E-state index is 5.81. The molecule has 0 heterocycles. The second-order valence-electron chi connectivity index (χ2n) is 6.36. The van der Waals surface area contributed by atoms with Crippen molar-refractivity contribution < 1.29 is 14.2 Å². The first-order chi connectivity index (χ1) is 13.2. The summed E-state index contributed by atoms with van der Waals surface area (Å²) < 4.78 is 21.2. The molecule has 3 rings (SSSR count). The molecule has 0 aromatic heterocycles. The van der Waals surface area contributed by atoms with Crippen LogP contribution in [-0.4, -0.2) is 34.6 Å². The minimum atomic E-state index is -3.17. The number of hydrogen-bond donors (Lipinski definition) is 0. The van der Waals surface area contributed by atoms with E-state index in [2.05, 4.69) is 61.5 Å². The number of hydrogen-bond acceptors (Lipinski definition) is 3. The normalized spacial score (nSPS) is 11.1. The van der Waals surface area contributed by atoms with Gasteiger partial charge in [0.15, 0.2) is 0 Å². The molecule has 3 aromatic carbocycles. The molecule has 0 fully saturated rings. The van der Waals surface area contributed by atoms with E-state index >= 15 is 0 Å². The summed E-state index contributed by atoms with van der Waals surface area (Å²) >= 11 is -3.17. The molecule has 0 aliphatic heterocycles. The number of para-hydroxylation sites is 3. The Morgan fingerprint density at radius 3 is 1.11 bits per heavy atom. The van der Waals surface area contributed by atoms with E-state index in [1.807, 2.05) is 18.2 Å². The standard InChI is InChI=1S/C23H26GeO3/c1-5-24(18-12-6-9-15-21(18)25-2,19-13-7-10-16-22(19)26-3)20-14-8-11-17-23(20)27-4/h6-17H,5H2,1-4H3. The summed E-state index contributed by atoms with van der Waals surface area (Å²) in [5, 5.41) is 1.00. The molecule has 0 aliphatic rings. The molecule has 0 unspecified atom stereocenters. The number of ether oxygens (including phenoxy) is 3. The summed E-state index contributed by atoms with van der Waals surface area (Å²) in [5.74, 6) is 2.78. The van der Waals surface area contributed by atoms with E-state index in [1.165, 1.54) is 13.2 Å². The minimum absolute atomic E-state index is 0.927. The fraction of sp³-hybridized carbons (Fsp3) is 0.217. The first kappa shape index (κ1) is 19.4. The summed E-state index contributed by atoms with van der Waals surface area (Å²) in [6, 6.07) is 25.1. The van der Waals surface area contributed by atoms with Crippen LogP contribution < -0.4 is 27.4 Å². The quantitative estimate of drug-likeness (QED) is 0.547. The van der Waals surface area contributed by atoms with E-state index in [1.54, 1.807) is 21.3 Å². The number of methoxy groups -OCH3 is 3. The van der Waals surface area contributed by atoms with Crippen LogP contribution in [0.15, 0.2) is 72.8 Å². The molecule has 27 heavy (non-hydrogen) atoms. The van der Waals surface area contributed by atoms with Gasteiger partial charge in [-0.05, 0) is 0 Å². The van der Waals surface area contributed by atoms with Crippen LogP contribution in [0.5, 0.6) is 17.2 Å². The first-order valence-corrected chi connectivity index (χ1v) is 13.8.